The molecule has 0 atom stereocenters. The number of nitrogens with one attached hydrogen (secondary N) is 1. The zero-order valence-corrected chi connectivity index (χ0v) is 13.5. The van der Waals surface area contributed by atoms with Gasteiger partial charge in [-0.25, -0.2) is 9.67 Å². The van der Waals surface area contributed by atoms with Gasteiger partial charge in [0.15, 0.2) is 0 Å². The van der Waals surface area contributed by atoms with Crippen LogP contribution in [0, 0.1) is 27.7 Å². The fraction of sp³-hybridized carbons (Fsp3) is 0.235. The topological polar surface area (TPSA) is 73.0 Å². The standard InChI is InChI=1S/C17H18N4O2/c1-10-9-14(11(2)23-10)17(22)19-15-7-5-6-8-16(15)21-13(4)18-12(3)20-21/h5-9H,1-4H3,(H,19,22). The van der Waals surface area contributed by atoms with Crippen LogP contribution < -0.4 is 5.32 Å². The highest BCUT2D eigenvalue weighted by Gasteiger charge is 2.16. The van der Waals surface area contributed by atoms with E-state index in [0.29, 0.717) is 28.6 Å². The van der Waals surface area contributed by atoms with Crippen LogP contribution in [0.15, 0.2) is 34.7 Å². The van der Waals surface area contributed by atoms with Gasteiger partial charge in [0, 0.05) is 0 Å². The summed E-state index contributed by atoms with van der Waals surface area (Å²) in [5, 5.41) is 7.31. The van der Waals surface area contributed by atoms with Crippen molar-refractivity contribution in [2.24, 2.45) is 0 Å². The number of rotatable bonds is 3. The molecule has 0 radical (unpaired) electrons. The number of aryl methyl sites for hydroxylation is 4. The molecule has 0 aliphatic rings. The van der Waals surface area contributed by atoms with E-state index in [0.717, 1.165) is 11.5 Å². The summed E-state index contributed by atoms with van der Waals surface area (Å²) in [6.07, 6.45) is 0. The summed E-state index contributed by atoms with van der Waals surface area (Å²) in [6, 6.07) is 9.23. The summed E-state index contributed by atoms with van der Waals surface area (Å²) in [5.74, 6) is 2.56. The molecule has 6 heteroatoms. The van der Waals surface area contributed by atoms with Crippen LogP contribution in [-0.4, -0.2) is 20.7 Å². The molecule has 0 fully saturated rings. The van der Waals surface area contributed by atoms with Crippen molar-refractivity contribution in [3.63, 3.8) is 0 Å². The molecule has 0 saturated carbocycles. The van der Waals surface area contributed by atoms with Crippen molar-refractivity contribution in [3.8, 4) is 5.69 Å². The first-order chi connectivity index (χ1) is 11.0. The Morgan fingerprint density at radius 2 is 1.91 bits per heavy atom. The van der Waals surface area contributed by atoms with Crippen molar-refractivity contribution < 1.29 is 9.21 Å². The van der Waals surface area contributed by atoms with Gasteiger partial charge >= 0.3 is 0 Å². The molecule has 2 aromatic heterocycles. The second-order valence-corrected chi connectivity index (χ2v) is 5.42. The summed E-state index contributed by atoms with van der Waals surface area (Å²) in [7, 11) is 0. The van der Waals surface area contributed by atoms with E-state index in [9.17, 15) is 4.79 Å². The van der Waals surface area contributed by atoms with Gasteiger partial charge in [-0.2, -0.15) is 5.10 Å². The summed E-state index contributed by atoms with van der Waals surface area (Å²) in [4.78, 5) is 16.8. The average Bonchev–Trinajstić information content (AvgIpc) is 3.01. The number of hydrogen-bond donors (Lipinski definition) is 1. The molecule has 3 rings (SSSR count). The van der Waals surface area contributed by atoms with Gasteiger partial charge in [-0.3, -0.25) is 4.79 Å². The molecule has 1 aromatic carbocycles. The molecule has 3 aromatic rings. The Morgan fingerprint density at radius 1 is 1.17 bits per heavy atom. The van der Waals surface area contributed by atoms with E-state index < -0.39 is 0 Å². The second kappa shape index (κ2) is 5.72. The molecule has 2 heterocycles. The molecule has 0 aliphatic carbocycles. The van der Waals surface area contributed by atoms with Crippen LogP contribution in [0.2, 0.25) is 0 Å². The van der Waals surface area contributed by atoms with Crippen LogP contribution in [0.1, 0.15) is 33.5 Å². The fourth-order valence-electron chi connectivity index (χ4n) is 2.56. The van der Waals surface area contributed by atoms with E-state index in [1.807, 2.05) is 45.0 Å². The van der Waals surface area contributed by atoms with E-state index in [1.54, 1.807) is 17.7 Å². The molecule has 0 aliphatic heterocycles. The summed E-state index contributed by atoms with van der Waals surface area (Å²) in [5.41, 5.74) is 1.98. The third kappa shape index (κ3) is 2.88. The van der Waals surface area contributed by atoms with E-state index in [2.05, 4.69) is 15.4 Å². The molecule has 1 amide bonds. The van der Waals surface area contributed by atoms with Crippen LogP contribution in [0.5, 0.6) is 0 Å². The number of carbonyl (C=O) groups excluding carboxylic acids is 1. The lowest BCUT2D eigenvalue weighted by Crippen LogP contribution is -2.14. The van der Waals surface area contributed by atoms with Crippen molar-refractivity contribution in [1.82, 2.24) is 14.8 Å². The van der Waals surface area contributed by atoms with Gasteiger partial charge in [-0.1, -0.05) is 12.1 Å². The molecule has 0 unspecified atom stereocenters. The minimum absolute atomic E-state index is 0.207. The summed E-state index contributed by atoms with van der Waals surface area (Å²) in [6.45, 7) is 7.31. The quantitative estimate of drug-likeness (QED) is 0.805. The van der Waals surface area contributed by atoms with Crippen LogP contribution in [-0.2, 0) is 0 Å². The Morgan fingerprint density at radius 3 is 2.52 bits per heavy atom. The number of aromatic nitrogens is 3. The van der Waals surface area contributed by atoms with Crippen LogP contribution in [0.4, 0.5) is 5.69 Å². The van der Waals surface area contributed by atoms with E-state index in [4.69, 9.17) is 4.42 Å². The summed E-state index contributed by atoms with van der Waals surface area (Å²) >= 11 is 0. The normalized spacial score (nSPS) is 10.8. The van der Waals surface area contributed by atoms with Gasteiger partial charge in [0.1, 0.15) is 23.2 Å². The third-order valence-electron chi connectivity index (χ3n) is 3.54. The largest absolute Gasteiger partial charge is 0.466 e. The highest BCUT2D eigenvalue weighted by atomic mass is 16.3. The lowest BCUT2D eigenvalue weighted by atomic mass is 10.2. The van der Waals surface area contributed by atoms with Gasteiger partial charge in [-0.15, -0.1) is 0 Å². The minimum Gasteiger partial charge on any atom is -0.466 e. The molecule has 0 bridgehead atoms. The van der Waals surface area contributed by atoms with Crippen molar-refractivity contribution in [1.29, 1.82) is 0 Å². The molecule has 0 spiro atoms. The Balaban J connectivity index is 1.97. The number of amides is 1. The molecule has 0 saturated heterocycles. The lowest BCUT2D eigenvalue weighted by molar-refractivity contribution is 0.102. The monoisotopic (exact) mass is 310 g/mol. The Hall–Kier alpha value is -2.89. The molecular formula is C17H18N4O2. The van der Waals surface area contributed by atoms with Crippen LogP contribution in [0.25, 0.3) is 5.69 Å². The number of hydrogen-bond acceptors (Lipinski definition) is 4. The Bertz CT molecular complexity index is 877. The maximum absolute atomic E-state index is 12.5. The van der Waals surface area contributed by atoms with E-state index in [-0.39, 0.29) is 5.91 Å². The molecule has 23 heavy (non-hydrogen) atoms. The maximum Gasteiger partial charge on any atom is 0.259 e. The Labute approximate surface area is 134 Å². The first-order valence-corrected chi connectivity index (χ1v) is 7.34. The molecule has 6 nitrogen and oxygen atoms in total. The zero-order valence-electron chi connectivity index (χ0n) is 13.5. The zero-order chi connectivity index (χ0) is 16.6. The minimum atomic E-state index is -0.207. The number of anilines is 1. The predicted molar refractivity (Wildman–Crippen MR) is 87.0 cm³/mol. The number of carbonyl (C=O) groups is 1. The Kier molecular flexibility index (Phi) is 3.73. The number of benzene rings is 1. The number of nitrogens with zero attached hydrogens (tertiary/aromatic N) is 3. The van der Waals surface area contributed by atoms with Crippen LogP contribution >= 0.6 is 0 Å². The molecular weight excluding hydrogens is 292 g/mol. The summed E-state index contributed by atoms with van der Waals surface area (Å²) < 4.78 is 7.14. The fourth-order valence-corrected chi connectivity index (χ4v) is 2.56. The number of para-hydroxylation sites is 2. The van der Waals surface area contributed by atoms with Crippen molar-refractivity contribution in [2.75, 3.05) is 5.32 Å². The van der Waals surface area contributed by atoms with Gasteiger partial charge < -0.3 is 9.73 Å². The van der Waals surface area contributed by atoms with Crippen molar-refractivity contribution in [3.05, 3.63) is 59.1 Å². The predicted octanol–water partition coefficient (Wildman–Crippen LogP) is 3.35. The van der Waals surface area contributed by atoms with Gasteiger partial charge in [-0.05, 0) is 45.9 Å². The van der Waals surface area contributed by atoms with E-state index >= 15 is 0 Å². The first-order valence-electron chi connectivity index (χ1n) is 7.34. The van der Waals surface area contributed by atoms with Crippen molar-refractivity contribution in [2.45, 2.75) is 27.7 Å². The lowest BCUT2D eigenvalue weighted by Gasteiger charge is -2.11. The second-order valence-electron chi connectivity index (χ2n) is 5.42. The highest BCUT2D eigenvalue weighted by molar-refractivity contribution is 6.06. The first kappa shape index (κ1) is 15.0. The van der Waals surface area contributed by atoms with Gasteiger partial charge in [0.25, 0.3) is 5.91 Å². The van der Waals surface area contributed by atoms with Gasteiger partial charge in [0.2, 0.25) is 0 Å². The van der Waals surface area contributed by atoms with Gasteiger partial charge in [0.05, 0.1) is 16.9 Å². The number of furan rings is 1. The van der Waals surface area contributed by atoms with E-state index in [1.165, 1.54) is 0 Å². The SMILES string of the molecule is Cc1nc(C)n(-c2ccccc2NC(=O)c2cc(C)oc2C)n1. The molecule has 118 valence electrons. The molecule has 1 N–H and O–H groups in total. The maximum atomic E-state index is 12.5. The van der Waals surface area contributed by atoms with Crippen molar-refractivity contribution >= 4 is 11.6 Å². The average molecular weight is 310 g/mol. The highest BCUT2D eigenvalue weighted by Crippen LogP contribution is 2.22. The van der Waals surface area contributed by atoms with Crippen LogP contribution in [0.3, 0.4) is 0 Å². The third-order valence-corrected chi connectivity index (χ3v) is 3.54. The smallest absolute Gasteiger partial charge is 0.259 e.